The van der Waals surface area contributed by atoms with E-state index in [0.717, 1.165) is 6.42 Å². The van der Waals surface area contributed by atoms with E-state index in [2.05, 4.69) is 10.6 Å². The summed E-state index contributed by atoms with van der Waals surface area (Å²) < 4.78 is 25.2. The van der Waals surface area contributed by atoms with Crippen LogP contribution in [0.5, 0.6) is 0 Å². The first-order valence-electron chi connectivity index (χ1n) is 11.6. The smallest absolute Gasteiger partial charge is 0.870 e. The molecule has 2 aliphatic heterocycles. The Labute approximate surface area is 235 Å². The van der Waals surface area contributed by atoms with Crippen LogP contribution in [0.1, 0.15) is 54.4 Å². The summed E-state index contributed by atoms with van der Waals surface area (Å²) in [5.74, 6) is -1.80. The van der Waals surface area contributed by atoms with Crippen molar-refractivity contribution in [1.82, 2.24) is 10.6 Å². The number of ether oxygens (including phenoxy) is 5. The van der Waals surface area contributed by atoms with Crippen molar-refractivity contribution in [3.8, 4) is 0 Å². The maximum atomic E-state index is 11.7. The van der Waals surface area contributed by atoms with Gasteiger partial charge in [-0.3, -0.25) is 0 Å². The molecule has 0 aromatic carbocycles. The van der Waals surface area contributed by atoms with E-state index in [-0.39, 0.29) is 41.6 Å². The number of rotatable bonds is 6. The number of hydrogen-bond acceptors (Lipinski definition) is 10. The molecule has 15 heteroatoms. The predicted molar refractivity (Wildman–Crippen MR) is 129 cm³/mol. The van der Waals surface area contributed by atoms with Crippen molar-refractivity contribution >= 4 is 24.1 Å². The van der Waals surface area contributed by atoms with Gasteiger partial charge in [0.2, 0.25) is 0 Å². The second-order valence-corrected chi connectivity index (χ2v) is 10.4. The standard InChI is InChI=1S/C12H21NO5.C11H19NO5.Li.2H2O/c1-12(2,3)18-11(15)13-9(10(14)16-4)8-5-6-17-7-8;1-11(2,3)17-10(15)12-8(9(13)14)7-4-5-16-6-7;;;/h8-9H,5-7H2,1-4H3,(H,13,15);7-8H,4-6H2,1-3H3,(H,12,15)(H,13,14);;2*1H2/q;;+1;;/p-1. The second kappa shape index (κ2) is 18.2. The largest absolute Gasteiger partial charge is 1.00 e. The van der Waals surface area contributed by atoms with Gasteiger partial charge in [-0.1, -0.05) is 0 Å². The third kappa shape index (κ3) is 16.0. The Morgan fingerprint density at radius 2 is 1.18 bits per heavy atom. The summed E-state index contributed by atoms with van der Waals surface area (Å²) in [6.45, 7) is 12.4. The number of carboxylic acids is 1. The molecule has 38 heavy (non-hydrogen) atoms. The molecule has 0 aromatic heterocycles. The van der Waals surface area contributed by atoms with Gasteiger partial charge in [0.25, 0.3) is 0 Å². The monoisotopic (exact) mass is 546 g/mol. The summed E-state index contributed by atoms with van der Waals surface area (Å²) in [5, 5.41) is 14.0. The number of carbonyl (C=O) groups is 4. The van der Waals surface area contributed by atoms with Crippen LogP contribution in [0.25, 0.3) is 0 Å². The molecule has 0 aromatic rings. The number of methoxy groups -OCH3 is 1. The molecule has 2 saturated heterocycles. The van der Waals surface area contributed by atoms with E-state index in [1.54, 1.807) is 41.5 Å². The molecule has 2 aliphatic rings. The van der Waals surface area contributed by atoms with Gasteiger partial charge >= 0.3 is 43.0 Å². The molecule has 218 valence electrons. The Morgan fingerprint density at radius 1 is 0.816 bits per heavy atom. The molecule has 2 amide bonds. The molecule has 2 heterocycles. The second-order valence-electron chi connectivity index (χ2n) is 10.4. The maximum absolute atomic E-state index is 11.7. The fourth-order valence-corrected chi connectivity index (χ4v) is 3.38. The average molecular weight is 547 g/mol. The predicted octanol–water partition coefficient (Wildman–Crippen LogP) is -1.91. The molecule has 14 nitrogen and oxygen atoms in total. The summed E-state index contributed by atoms with van der Waals surface area (Å²) in [6, 6.07) is -1.67. The van der Waals surface area contributed by atoms with E-state index in [1.807, 2.05) is 0 Å². The van der Waals surface area contributed by atoms with Crippen molar-refractivity contribution in [3.05, 3.63) is 0 Å². The van der Waals surface area contributed by atoms with Crippen LogP contribution in [0, 0.1) is 11.8 Å². The molecule has 2 fully saturated rings. The van der Waals surface area contributed by atoms with Gasteiger partial charge in [0.1, 0.15) is 23.3 Å². The number of carbonyl (C=O) groups excluding carboxylic acids is 3. The quantitative estimate of drug-likeness (QED) is 0.189. The summed E-state index contributed by atoms with van der Waals surface area (Å²) in [7, 11) is 1.29. The number of amides is 2. The van der Waals surface area contributed by atoms with Crippen LogP contribution >= 0.6 is 0 Å². The van der Waals surface area contributed by atoms with E-state index in [9.17, 15) is 19.2 Å². The normalized spacial score (nSPS) is 19.9. The average Bonchev–Trinajstić information content (AvgIpc) is 3.41. The first-order valence-corrected chi connectivity index (χ1v) is 11.6. The summed E-state index contributed by atoms with van der Waals surface area (Å²) in [5.41, 5.74) is -1.24. The molecule has 0 saturated carbocycles. The van der Waals surface area contributed by atoms with Crippen LogP contribution < -0.4 is 29.5 Å². The Morgan fingerprint density at radius 3 is 1.47 bits per heavy atom. The molecule has 0 spiro atoms. The fraction of sp³-hybridized carbons (Fsp3) is 0.826. The van der Waals surface area contributed by atoms with Gasteiger partial charge in [-0.25, -0.2) is 19.2 Å². The van der Waals surface area contributed by atoms with Crippen LogP contribution in [0.4, 0.5) is 9.59 Å². The number of nitrogens with one attached hydrogen (secondary N) is 2. The molecule has 0 bridgehead atoms. The van der Waals surface area contributed by atoms with Gasteiger partial charge in [0, 0.05) is 25.0 Å². The van der Waals surface area contributed by atoms with E-state index >= 15 is 0 Å². The minimum absolute atomic E-state index is 0. The molecular formula is C23H43LiN2O12. The molecule has 6 N–H and O–H groups in total. The van der Waals surface area contributed by atoms with Crippen LogP contribution in [-0.4, -0.2) is 97.0 Å². The summed E-state index contributed by atoms with van der Waals surface area (Å²) >= 11 is 0. The molecule has 4 atom stereocenters. The third-order valence-corrected chi connectivity index (χ3v) is 4.94. The van der Waals surface area contributed by atoms with Crippen LogP contribution in [-0.2, 0) is 33.3 Å². The van der Waals surface area contributed by atoms with Gasteiger partial charge in [0.05, 0.1) is 20.3 Å². The van der Waals surface area contributed by atoms with Gasteiger partial charge in [-0.2, -0.15) is 0 Å². The Balaban J connectivity index is -0.000000598. The number of hydrogen-bond donors (Lipinski definition) is 3. The number of esters is 1. The van der Waals surface area contributed by atoms with Crippen molar-refractivity contribution in [2.75, 3.05) is 33.5 Å². The SMILES string of the molecule is CC(C)(C)OC(=O)NC(C(=O)O)C1CCOC1.COC(=O)C(NC(=O)OC(C)(C)C)C1CCOC1.O.[Li+].[OH-]. The van der Waals surface area contributed by atoms with Crippen molar-refractivity contribution in [1.29, 1.82) is 0 Å². The minimum Gasteiger partial charge on any atom is -0.870 e. The molecule has 0 aliphatic carbocycles. The molecule has 2 rings (SSSR count). The minimum atomic E-state index is -1.06. The maximum Gasteiger partial charge on any atom is 1.00 e. The van der Waals surface area contributed by atoms with Crippen molar-refractivity contribution in [2.45, 2.75) is 77.7 Å². The van der Waals surface area contributed by atoms with Crippen molar-refractivity contribution < 1.29 is 77.8 Å². The number of alkyl carbamates (subject to hydrolysis) is 2. The van der Waals surface area contributed by atoms with Gasteiger partial charge < -0.3 is 50.4 Å². The first kappa shape index (κ1) is 40.4. The van der Waals surface area contributed by atoms with Crippen LogP contribution in [0.15, 0.2) is 0 Å². The Kier molecular flexibility index (Phi) is 19.4. The van der Waals surface area contributed by atoms with Crippen molar-refractivity contribution in [3.63, 3.8) is 0 Å². The molecular weight excluding hydrogens is 503 g/mol. The summed E-state index contributed by atoms with van der Waals surface area (Å²) in [4.78, 5) is 45.9. The van der Waals surface area contributed by atoms with Crippen molar-refractivity contribution in [2.24, 2.45) is 11.8 Å². The van der Waals surface area contributed by atoms with E-state index in [0.29, 0.717) is 32.8 Å². The zero-order chi connectivity index (χ0) is 26.8. The molecule has 4 unspecified atom stereocenters. The third-order valence-electron chi connectivity index (χ3n) is 4.94. The summed E-state index contributed by atoms with van der Waals surface area (Å²) in [6.07, 6.45) is 0.0177. The number of carboxylic acid groups (broad SMARTS) is 1. The topological polar surface area (TPSA) is 220 Å². The zero-order valence-electron chi connectivity index (χ0n) is 23.6. The molecule has 0 radical (unpaired) electrons. The van der Waals surface area contributed by atoms with E-state index in [1.165, 1.54) is 7.11 Å². The van der Waals surface area contributed by atoms with Gasteiger partial charge in [-0.15, -0.1) is 0 Å². The fourth-order valence-electron chi connectivity index (χ4n) is 3.38. The Hall–Kier alpha value is -2.08. The van der Waals surface area contributed by atoms with Gasteiger partial charge in [0.15, 0.2) is 0 Å². The Bertz CT molecular complexity index is 727. The first-order chi connectivity index (χ1) is 16.1. The number of aliphatic carboxylic acids is 1. The van der Waals surface area contributed by atoms with Gasteiger partial charge in [-0.05, 0) is 54.4 Å². The zero-order valence-corrected chi connectivity index (χ0v) is 23.6. The van der Waals surface area contributed by atoms with Crippen LogP contribution in [0.3, 0.4) is 0 Å². The van der Waals surface area contributed by atoms with E-state index in [4.69, 9.17) is 28.8 Å². The van der Waals surface area contributed by atoms with Crippen LogP contribution in [0.2, 0.25) is 0 Å². The van der Waals surface area contributed by atoms with E-state index < -0.39 is 47.4 Å².